The number of hydroxylamine groups is 1. The quantitative estimate of drug-likeness (QED) is 0.420. The predicted octanol–water partition coefficient (Wildman–Crippen LogP) is -0.455. The molecule has 0 aliphatic carbocycles. The summed E-state index contributed by atoms with van der Waals surface area (Å²) in [4.78, 5) is 25.0. The van der Waals surface area contributed by atoms with Gasteiger partial charge in [-0.05, 0) is 6.42 Å². The van der Waals surface area contributed by atoms with Crippen LogP contribution in [0.5, 0.6) is 0 Å². The SMILES string of the molecule is CCCOCC(=O)NOCC(=O)O. The highest BCUT2D eigenvalue weighted by Gasteiger charge is 2.02. The fourth-order valence-electron chi connectivity index (χ4n) is 0.517. The van der Waals surface area contributed by atoms with E-state index in [1.165, 1.54) is 0 Å². The second kappa shape index (κ2) is 7.51. The molecule has 0 aliphatic heterocycles. The summed E-state index contributed by atoms with van der Waals surface area (Å²) < 4.78 is 4.86. The van der Waals surface area contributed by atoms with Crippen LogP contribution in [0.3, 0.4) is 0 Å². The molecule has 0 fully saturated rings. The summed E-state index contributed by atoms with van der Waals surface area (Å²) in [7, 11) is 0. The Morgan fingerprint density at radius 2 is 2.08 bits per heavy atom. The maximum atomic E-state index is 10.7. The molecule has 0 saturated heterocycles. The molecule has 0 bridgehead atoms. The van der Waals surface area contributed by atoms with Gasteiger partial charge >= 0.3 is 5.97 Å². The number of carbonyl (C=O) groups is 2. The van der Waals surface area contributed by atoms with E-state index in [4.69, 9.17) is 9.84 Å². The molecule has 0 rings (SSSR count). The van der Waals surface area contributed by atoms with Crippen LogP contribution in [0.1, 0.15) is 13.3 Å². The number of hydrogen-bond donors (Lipinski definition) is 2. The average Bonchev–Trinajstić information content (AvgIpc) is 2.04. The van der Waals surface area contributed by atoms with Gasteiger partial charge in [-0.15, -0.1) is 0 Å². The molecular formula is C7H13NO5. The standard InChI is InChI=1S/C7H13NO5/c1-2-3-12-4-6(9)8-13-5-7(10)11/h2-5H2,1H3,(H,8,9)(H,10,11). The van der Waals surface area contributed by atoms with E-state index in [0.717, 1.165) is 6.42 Å². The van der Waals surface area contributed by atoms with Crippen LogP contribution in [-0.2, 0) is 19.2 Å². The normalized spacial score (nSPS) is 9.62. The molecule has 0 unspecified atom stereocenters. The molecule has 1 amide bonds. The first-order valence-electron chi connectivity index (χ1n) is 3.87. The lowest BCUT2D eigenvalue weighted by Crippen LogP contribution is -2.30. The zero-order valence-corrected chi connectivity index (χ0v) is 7.41. The lowest BCUT2D eigenvalue weighted by Gasteiger charge is -2.03. The van der Waals surface area contributed by atoms with Crippen LogP contribution in [0.2, 0.25) is 0 Å². The monoisotopic (exact) mass is 191 g/mol. The van der Waals surface area contributed by atoms with Crippen LogP contribution in [-0.4, -0.2) is 36.8 Å². The molecule has 0 aliphatic rings. The van der Waals surface area contributed by atoms with Gasteiger partial charge in [0.05, 0.1) is 0 Å². The summed E-state index contributed by atoms with van der Waals surface area (Å²) >= 11 is 0. The third kappa shape index (κ3) is 8.77. The van der Waals surface area contributed by atoms with Crippen molar-refractivity contribution in [3.05, 3.63) is 0 Å². The number of nitrogens with one attached hydrogen (secondary N) is 1. The summed E-state index contributed by atoms with van der Waals surface area (Å²) in [6.07, 6.45) is 0.823. The van der Waals surface area contributed by atoms with Crippen molar-refractivity contribution in [2.45, 2.75) is 13.3 Å². The van der Waals surface area contributed by atoms with E-state index in [9.17, 15) is 9.59 Å². The van der Waals surface area contributed by atoms with Crippen LogP contribution >= 0.6 is 0 Å². The summed E-state index contributed by atoms with van der Waals surface area (Å²) in [6, 6.07) is 0. The van der Waals surface area contributed by atoms with Gasteiger partial charge in [0.1, 0.15) is 6.61 Å². The summed E-state index contributed by atoms with van der Waals surface area (Å²) in [5, 5.41) is 8.13. The van der Waals surface area contributed by atoms with Crippen LogP contribution in [0.25, 0.3) is 0 Å². The topological polar surface area (TPSA) is 84.9 Å². The van der Waals surface area contributed by atoms with E-state index in [-0.39, 0.29) is 6.61 Å². The van der Waals surface area contributed by atoms with Gasteiger partial charge in [-0.25, -0.2) is 10.3 Å². The molecule has 2 N–H and O–H groups in total. The third-order valence-electron chi connectivity index (χ3n) is 0.963. The van der Waals surface area contributed by atoms with Crippen molar-refractivity contribution in [3.63, 3.8) is 0 Å². The molecule has 13 heavy (non-hydrogen) atoms. The molecule has 0 spiro atoms. The Kier molecular flexibility index (Phi) is 6.85. The Bertz CT molecular complexity index is 170. The van der Waals surface area contributed by atoms with Crippen molar-refractivity contribution in [3.8, 4) is 0 Å². The maximum Gasteiger partial charge on any atom is 0.332 e. The van der Waals surface area contributed by atoms with E-state index in [1.807, 2.05) is 12.4 Å². The number of rotatable bonds is 7. The number of carbonyl (C=O) groups excluding carboxylic acids is 1. The fourth-order valence-corrected chi connectivity index (χ4v) is 0.517. The summed E-state index contributed by atoms with van der Waals surface area (Å²) in [6.45, 7) is 1.73. The van der Waals surface area contributed by atoms with Gasteiger partial charge in [-0.2, -0.15) is 0 Å². The first-order valence-corrected chi connectivity index (χ1v) is 3.87. The number of carboxylic acids is 1. The molecule has 0 atom stereocenters. The Morgan fingerprint density at radius 1 is 1.38 bits per heavy atom. The smallest absolute Gasteiger partial charge is 0.332 e. The second-order valence-corrected chi connectivity index (χ2v) is 2.26. The largest absolute Gasteiger partial charge is 0.479 e. The van der Waals surface area contributed by atoms with E-state index < -0.39 is 18.5 Å². The molecular weight excluding hydrogens is 178 g/mol. The van der Waals surface area contributed by atoms with Crippen molar-refractivity contribution in [2.75, 3.05) is 19.8 Å². The zero-order valence-electron chi connectivity index (χ0n) is 7.41. The highest BCUT2D eigenvalue weighted by atomic mass is 16.7. The maximum absolute atomic E-state index is 10.7. The van der Waals surface area contributed by atoms with Gasteiger partial charge in [-0.1, -0.05) is 6.92 Å². The minimum atomic E-state index is -1.14. The molecule has 0 heterocycles. The lowest BCUT2D eigenvalue weighted by molar-refractivity contribution is -0.150. The van der Waals surface area contributed by atoms with Crippen molar-refractivity contribution < 1.29 is 24.3 Å². The van der Waals surface area contributed by atoms with Crippen LogP contribution in [0, 0.1) is 0 Å². The minimum absolute atomic E-state index is 0.118. The molecule has 0 radical (unpaired) electrons. The molecule has 0 saturated carbocycles. The number of ether oxygens (including phenoxy) is 1. The molecule has 0 aromatic heterocycles. The first-order chi connectivity index (χ1) is 6.16. The van der Waals surface area contributed by atoms with E-state index in [2.05, 4.69) is 4.84 Å². The highest BCUT2D eigenvalue weighted by Crippen LogP contribution is 1.80. The third-order valence-corrected chi connectivity index (χ3v) is 0.963. The van der Waals surface area contributed by atoms with Gasteiger partial charge < -0.3 is 9.84 Å². The van der Waals surface area contributed by atoms with E-state index in [1.54, 1.807) is 0 Å². The van der Waals surface area contributed by atoms with Crippen molar-refractivity contribution >= 4 is 11.9 Å². The molecule has 0 aromatic rings. The predicted molar refractivity (Wildman–Crippen MR) is 42.8 cm³/mol. The molecule has 6 heteroatoms. The number of carboxylic acid groups (broad SMARTS) is 1. The number of aliphatic carboxylic acids is 1. The summed E-state index contributed by atoms with van der Waals surface area (Å²) in [5.74, 6) is -1.63. The van der Waals surface area contributed by atoms with Crippen molar-refractivity contribution in [1.29, 1.82) is 0 Å². The van der Waals surface area contributed by atoms with Gasteiger partial charge in [0, 0.05) is 6.61 Å². The molecule has 6 nitrogen and oxygen atoms in total. The Morgan fingerprint density at radius 3 is 2.62 bits per heavy atom. The van der Waals surface area contributed by atoms with Crippen molar-refractivity contribution in [1.82, 2.24) is 5.48 Å². The Balaban J connectivity index is 3.25. The highest BCUT2D eigenvalue weighted by molar-refractivity contribution is 5.76. The Labute approximate surface area is 75.8 Å². The zero-order chi connectivity index (χ0) is 10.1. The second-order valence-electron chi connectivity index (χ2n) is 2.26. The van der Waals surface area contributed by atoms with E-state index >= 15 is 0 Å². The van der Waals surface area contributed by atoms with Crippen LogP contribution < -0.4 is 5.48 Å². The lowest BCUT2D eigenvalue weighted by atomic mass is 10.5. The summed E-state index contributed by atoms with van der Waals surface area (Å²) in [5.41, 5.74) is 1.93. The Hall–Kier alpha value is -1.14. The molecule has 0 aromatic carbocycles. The van der Waals surface area contributed by atoms with Gasteiger partial charge in [0.25, 0.3) is 5.91 Å². The van der Waals surface area contributed by atoms with Gasteiger partial charge in [0.15, 0.2) is 6.61 Å². The number of hydrogen-bond acceptors (Lipinski definition) is 4. The van der Waals surface area contributed by atoms with Crippen molar-refractivity contribution in [2.24, 2.45) is 0 Å². The van der Waals surface area contributed by atoms with Crippen LogP contribution in [0.4, 0.5) is 0 Å². The fraction of sp³-hybridized carbons (Fsp3) is 0.714. The minimum Gasteiger partial charge on any atom is -0.479 e. The van der Waals surface area contributed by atoms with Gasteiger partial charge in [-0.3, -0.25) is 9.63 Å². The number of amides is 1. The average molecular weight is 191 g/mol. The first kappa shape index (κ1) is 11.9. The molecule has 76 valence electrons. The van der Waals surface area contributed by atoms with E-state index in [0.29, 0.717) is 6.61 Å². The van der Waals surface area contributed by atoms with Gasteiger partial charge in [0.2, 0.25) is 0 Å². The van der Waals surface area contributed by atoms with Crippen LogP contribution in [0.15, 0.2) is 0 Å².